The third-order valence-electron chi connectivity index (χ3n) is 3.74. The van der Waals surface area contributed by atoms with Crippen molar-refractivity contribution in [2.75, 3.05) is 20.2 Å². The first-order valence-electron chi connectivity index (χ1n) is 6.78. The van der Waals surface area contributed by atoms with Crippen LogP contribution in [0.5, 0.6) is 5.75 Å². The van der Waals surface area contributed by atoms with Crippen LogP contribution < -0.4 is 4.74 Å². The maximum atomic E-state index is 12.6. The summed E-state index contributed by atoms with van der Waals surface area (Å²) in [5, 5.41) is 10.6. The lowest BCUT2D eigenvalue weighted by Gasteiger charge is -2.23. The number of halogens is 1. The second kappa shape index (κ2) is 6.02. The van der Waals surface area contributed by atoms with Gasteiger partial charge in [-0.15, -0.1) is 0 Å². The van der Waals surface area contributed by atoms with Gasteiger partial charge in [0.25, 0.3) is 5.91 Å². The Morgan fingerprint density at radius 2 is 2.15 bits per heavy atom. The molecule has 1 fully saturated rings. The highest BCUT2D eigenvalue weighted by Crippen LogP contribution is 2.27. The van der Waals surface area contributed by atoms with Gasteiger partial charge in [-0.25, -0.2) is 0 Å². The van der Waals surface area contributed by atoms with Crippen LogP contribution in [0.4, 0.5) is 0 Å². The summed E-state index contributed by atoms with van der Waals surface area (Å²) in [6, 6.07) is 5.01. The van der Waals surface area contributed by atoms with Crippen molar-refractivity contribution < 1.29 is 14.6 Å². The van der Waals surface area contributed by atoms with Crippen LogP contribution in [0, 0.1) is 0 Å². The van der Waals surface area contributed by atoms with Gasteiger partial charge in [0.2, 0.25) is 0 Å². The Morgan fingerprint density at radius 3 is 2.85 bits per heavy atom. The quantitative estimate of drug-likeness (QED) is 0.913. The van der Waals surface area contributed by atoms with Gasteiger partial charge >= 0.3 is 0 Å². The number of benzene rings is 1. The van der Waals surface area contributed by atoms with Crippen molar-refractivity contribution in [2.45, 2.75) is 31.8 Å². The van der Waals surface area contributed by atoms with Crippen LogP contribution >= 0.6 is 11.6 Å². The number of likely N-dealkylation sites (tertiary alicyclic amines) is 1. The molecule has 0 saturated carbocycles. The van der Waals surface area contributed by atoms with Crippen molar-refractivity contribution in [2.24, 2.45) is 0 Å². The largest absolute Gasteiger partial charge is 0.496 e. The highest BCUT2D eigenvalue weighted by Gasteiger charge is 2.28. The van der Waals surface area contributed by atoms with Crippen LogP contribution in [-0.4, -0.2) is 41.7 Å². The standard InChI is InChI=1S/C15H20ClNO3/c1-15(19)6-3-8-17(9-7-15)14(18)12-5-4-11(16)10-13(12)20-2/h4-5,10,19H,3,6-9H2,1-2H3. The van der Waals surface area contributed by atoms with E-state index in [4.69, 9.17) is 16.3 Å². The Balaban J connectivity index is 2.19. The van der Waals surface area contributed by atoms with Gasteiger partial charge in [0.1, 0.15) is 5.75 Å². The number of rotatable bonds is 2. The first-order chi connectivity index (χ1) is 9.43. The number of ether oxygens (including phenoxy) is 1. The Labute approximate surface area is 124 Å². The molecule has 1 amide bonds. The normalized spacial score (nSPS) is 23.3. The van der Waals surface area contributed by atoms with Crippen molar-refractivity contribution in [3.8, 4) is 5.75 Å². The molecule has 2 rings (SSSR count). The number of nitrogens with zero attached hydrogens (tertiary/aromatic N) is 1. The molecule has 0 spiro atoms. The summed E-state index contributed by atoms with van der Waals surface area (Å²) < 4.78 is 5.23. The van der Waals surface area contributed by atoms with Gasteiger partial charge in [0.05, 0.1) is 18.3 Å². The molecule has 20 heavy (non-hydrogen) atoms. The van der Waals surface area contributed by atoms with E-state index >= 15 is 0 Å². The monoisotopic (exact) mass is 297 g/mol. The van der Waals surface area contributed by atoms with E-state index in [1.807, 2.05) is 6.92 Å². The van der Waals surface area contributed by atoms with Gasteiger partial charge < -0.3 is 14.7 Å². The molecule has 5 heteroatoms. The summed E-state index contributed by atoms with van der Waals surface area (Å²) in [6.45, 7) is 3.03. The van der Waals surface area contributed by atoms with Crippen LogP contribution in [0.2, 0.25) is 5.02 Å². The molecule has 1 N–H and O–H groups in total. The smallest absolute Gasteiger partial charge is 0.257 e. The maximum absolute atomic E-state index is 12.6. The Morgan fingerprint density at radius 1 is 1.40 bits per heavy atom. The zero-order chi connectivity index (χ0) is 14.8. The van der Waals surface area contributed by atoms with Gasteiger partial charge in [0.15, 0.2) is 0 Å². The lowest BCUT2D eigenvalue weighted by atomic mass is 9.98. The van der Waals surface area contributed by atoms with Crippen LogP contribution in [-0.2, 0) is 0 Å². The molecule has 1 heterocycles. The van der Waals surface area contributed by atoms with E-state index in [1.54, 1.807) is 23.1 Å². The summed E-state index contributed by atoms with van der Waals surface area (Å²) >= 11 is 5.91. The fraction of sp³-hybridized carbons (Fsp3) is 0.533. The Bertz CT molecular complexity index is 502. The molecule has 0 bridgehead atoms. The van der Waals surface area contributed by atoms with Gasteiger partial charge in [-0.2, -0.15) is 0 Å². The summed E-state index contributed by atoms with van der Waals surface area (Å²) in [7, 11) is 1.52. The van der Waals surface area contributed by atoms with E-state index in [9.17, 15) is 9.90 Å². The highest BCUT2D eigenvalue weighted by molar-refractivity contribution is 6.30. The number of hydrogen-bond donors (Lipinski definition) is 1. The Kier molecular flexibility index (Phi) is 4.55. The van der Waals surface area contributed by atoms with E-state index in [1.165, 1.54) is 7.11 Å². The molecule has 1 aliphatic heterocycles. The molecule has 1 aromatic rings. The topological polar surface area (TPSA) is 49.8 Å². The molecule has 0 aliphatic carbocycles. The number of carbonyl (C=O) groups excluding carboxylic acids is 1. The SMILES string of the molecule is COc1cc(Cl)ccc1C(=O)N1CCCC(C)(O)CC1. The van der Waals surface area contributed by atoms with Crippen molar-refractivity contribution >= 4 is 17.5 Å². The van der Waals surface area contributed by atoms with E-state index in [2.05, 4.69) is 0 Å². The Hall–Kier alpha value is -1.26. The third-order valence-corrected chi connectivity index (χ3v) is 3.98. The first-order valence-corrected chi connectivity index (χ1v) is 7.16. The summed E-state index contributed by atoms with van der Waals surface area (Å²) in [6.07, 6.45) is 2.11. The minimum Gasteiger partial charge on any atom is -0.496 e. The lowest BCUT2D eigenvalue weighted by molar-refractivity contribution is 0.0437. The number of hydrogen-bond acceptors (Lipinski definition) is 3. The zero-order valence-electron chi connectivity index (χ0n) is 11.9. The van der Waals surface area contributed by atoms with Crippen LogP contribution in [0.3, 0.4) is 0 Å². The molecule has 1 aliphatic rings. The van der Waals surface area contributed by atoms with Gasteiger partial charge in [0, 0.05) is 18.1 Å². The molecule has 4 nitrogen and oxygen atoms in total. The average molecular weight is 298 g/mol. The molecule has 1 atom stereocenters. The predicted molar refractivity (Wildman–Crippen MR) is 78.4 cm³/mol. The van der Waals surface area contributed by atoms with E-state index < -0.39 is 5.60 Å². The van der Waals surface area contributed by atoms with Crippen molar-refractivity contribution in [3.05, 3.63) is 28.8 Å². The number of aliphatic hydroxyl groups is 1. The fourth-order valence-electron chi connectivity index (χ4n) is 2.48. The van der Waals surface area contributed by atoms with Crippen molar-refractivity contribution in [1.29, 1.82) is 0 Å². The number of carbonyl (C=O) groups is 1. The molecule has 1 aromatic carbocycles. The second-order valence-corrected chi connectivity index (χ2v) is 5.92. The molecule has 1 unspecified atom stereocenters. The van der Waals surface area contributed by atoms with Gasteiger partial charge in [-0.3, -0.25) is 4.79 Å². The van der Waals surface area contributed by atoms with Crippen LogP contribution in [0.15, 0.2) is 18.2 Å². The summed E-state index contributed by atoms with van der Waals surface area (Å²) in [5.41, 5.74) is -0.169. The van der Waals surface area contributed by atoms with E-state index in [0.29, 0.717) is 42.3 Å². The van der Waals surface area contributed by atoms with Gasteiger partial charge in [-0.05, 0) is 44.4 Å². The number of amides is 1. The van der Waals surface area contributed by atoms with E-state index in [-0.39, 0.29) is 5.91 Å². The van der Waals surface area contributed by atoms with Crippen molar-refractivity contribution in [3.63, 3.8) is 0 Å². The predicted octanol–water partition coefficient (Wildman–Crippen LogP) is 2.73. The first kappa shape index (κ1) is 15.1. The average Bonchev–Trinajstić information content (AvgIpc) is 2.59. The second-order valence-electron chi connectivity index (χ2n) is 5.49. The highest BCUT2D eigenvalue weighted by atomic mass is 35.5. The van der Waals surface area contributed by atoms with Crippen LogP contribution in [0.1, 0.15) is 36.5 Å². The molecular formula is C15H20ClNO3. The molecule has 1 saturated heterocycles. The summed E-state index contributed by atoms with van der Waals surface area (Å²) in [5.74, 6) is 0.412. The number of methoxy groups -OCH3 is 1. The molecular weight excluding hydrogens is 278 g/mol. The zero-order valence-corrected chi connectivity index (χ0v) is 12.6. The van der Waals surface area contributed by atoms with Gasteiger partial charge in [-0.1, -0.05) is 11.6 Å². The van der Waals surface area contributed by atoms with Crippen molar-refractivity contribution in [1.82, 2.24) is 4.90 Å². The molecule has 110 valence electrons. The van der Waals surface area contributed by atoms with E-state index in [0.717, 1.165) is 6.42 Å². The summed E-state index contributed by atoms with van der Waals surface area (Å²) in [4.78, 5) is 14.3. The lowest BCUT2D eigenvalue weighted by Crippen LogP contribution is -2.33. The minimum absolute atomic E-state index is 0.0729. The minimum atomic E-state index is -0.681. The fourth-order valence-corrected chi connectivity index (χ4v) is 2.64. The molecule has 0 aromatic heterocycles. The maximum Gasteiger partial charge on any atom is 0.257 e. The molecule has 0 radical (unpaired) electrons. The third kappa shape index (κ3) is 3.44. The van der Waals surface area contributed by atoms with Crippen LogP contribution in [0.25, 0.3) is 0 Å².